The number of anilines is 1. The molecule has 0 atom stereocenters. The molecule has 0 aromatic heterocycles. The number of carbonyl (C=O) groups excluding carboxylic acids is 1. The van der Waals surface area contributed by atoms with E-state index in [0.29, 0.717) is 0 Å². The normalized spacial score (nSPS) is 18.9. The Hall–Kier alpha value is -2.07. The average molecular weight is 359 g/mol. The van der Waals surface area contributed by atoms with Crippen LogP contribution in [0.3, 0.4) is 0 Å². The molecule has 2 N–H and O–H groups in total. The largest absolute Gasteiger partial charge is 0.496 e. The zero-order valence-electron chi connectivity index (χ0n) is 14.0. The molecule has 0 saturated carbocycles. The van der Waals surface area contributed by atoms with E-state index in [1.807, 2.05) is 0 Å². The van der Waals surface area contributed by atoms with Crippen LogP contribution in [0.25, 0.3) is 0 Å². The summed E-state index contributed by atoms with van der Waals surface area (Å²) in [7, 11) is -1.06. The summed E-state index contributed by atoms with van der Waals surface area (Å²) in [6.45, 7) is 7.03. The maximum absolute atomic E-state index is 12.6. The summed E-state index contributed by atoms with van der Waals surface area (Å²) in [5, 5.41) is 10.7. The lowest BCUT2D eigenvalue weighted by Gasteiger charge is -2.32. The smallest absolute Gasteiger partial charge is 0.478 e. The van der Waals surface area contributed by atoms with Gasteiger partial charge in [0.1, 0.15) is 0 Å². The molecule has 10 heteroatoms. The molecule has 2 rings (SSSR count). The predicted molar refractivity (Wildman–Crippen MR) is 83.8 cm³/mol. The number of carboxylic acids is 1. The van der Waals surface area contributed by atoms with Gasteiger partial charge in [0.2, 0.25) is 0 Å². The van der Waals surface area contributed by atoms with Crippen LogP contribution in [-0.4, -0.2) is 41.5 Å². The zero-order chi connectivity index (χ0) is 19.2. The highest BCUT2D eigenvalue weighted by molar-refractivity contribution is 6.64. The third-order valence-electron chi connectivity index (χ3n) is 4.31. The molecule has 1 saturated heterocycles. The average Bonchev–Trinajstić information content (AvgIpc) is 2.66. The molecule has 1 heterocycles. The molecule has 0 unspecified atom stereocenters. The van der Waals surface area contributed by atoms with Crippen LogP contribution in [0.4, 0.5) is 18.9 Å². The van der Waals surface area contributed by atoms with Gasteiger partial charge in [-0.3, -0.25) is 4.79 Å². The van der Waals surface area contributed by atoms with E-state index < -0.39 is 36.4 Å². The van der Waals surface area contributed by atoms with Crippen molar-refractivity contribution in [3.05, 3.63) is 23.8 Å². The highest BCUT2D eigenvalue weighted by Gasteiger charge is 2.52. The Bertz CT molecular complexity index is 702. The van der Waals surface area contributed by atoms with E-state index in [1.165, 1.54) is 12.1 Å². The Labute approximate surface area is 142 Å². The van der Waals surface area contributed by atoms with E-state index in [4.69, 9.17) is 14.4 Å². The van der Waals surface area contributed by atoms with Crippen LogP contribution in [-0.2, 0) is 14.1 Å². The summed E-state index contributed by atoms with van der Waals surface area (Å²) in [5.74, 6) is -3.56. The fourth-order valence-corrected chi connectivity index (χ4v) is 2.17. The van der Waals surface area contributed by atoms with Crippen LogP contribution >= 0.6 is 0 Å². The summed E-state index contributed by atoms with van der Waals surface area (Å²) in [6.07, 6.45) is -5.12. The number of hydrogen-bond donors (Lipinski definition) is 2. The predicted octanol–water partition coefficient (Wildman–Crippen LogP) is 2.18. The number of aromatic carboxylic acids is 1. The number of hydrogen-bond acceptors (Lipinski definition) is 4. The van der Waals surface area contributed by atoms with Gasteiger partial charge < -0.3 is 19.7 Å². The van der Waals surface area contributed by atoms with Gasteiger partial charge >= 0.3 is 25.2 Å². The lowest BCUT2D eigenvalue weighted by molar-refractivity contribution is -0.167. The molecule has 1 fully saturated rings. The summed E-state index contributed by atoms with van der Waals surface area (Å²) >= 11 is 0. The highest BCUT2D eigenvalue weighted by atomic mass is 19.4. The molecule has 1 aliphatic heterocycles. The first-order valence-electron chi connectivity index (χ1n) is 7.36. The van der Waals surface area contributed by atoms with Gasteiger partial charge in [-0.2, -0.15) is 13.2 Å². The number of rotatable bonds is 3. The van der Waals surface area contributed by atoms with Crippen LogP contribution in [0.2, 0.25) is 0 Å². The molecule has 0 spiro atoms. The molecule has 0 bridgehead atoms. The van der Waals surface area contributed by atoms with Crippen molar-refractivity contribution in [2.24, 2.45) is 0 Å². The van der Waals surface area contributed by atoms with E-state index in [0.717, 1.165) is 6.07 Å². The molecule has 0 aliphatic carbocycles. The van der Waals surface area contributed by atoms with Crippen molar-refractivity contribution in [3.8, 4) is 0 Å². The minimum Gasteiger partial charge on any atom is -0.478 e. The van der Waals surface area contributed by atoms with Gasteiger partial charge in [-0.1, -0.05) is 6.07 Å². The van der Waals surface area contributed by atoms with Crippen molar-refractivity contribution in [2.75, 3.05) is 5.32 Å². The lowest BCUT2D eigenvalue weighted by atomic mass is 9.77. The minimum atomic E-state index is -5.12. The first kappa shape index (κ1) is 19.3. The SMILES string of the molecule is CC1(C)OB(c2ccc(C(=O)O)cc2NC(=O)C(F)(F)F)OC1(C)C. The van der Waals surface area contributed by atoms with Gasteiger partial charge in [-0.25, -0.2) is 4.79 Å². The number of alkyl halides is 3. The number of halogens is 3. The van der Waals surface area contributed by atoms with E-state index in [-0.39, 0.29) is 16.7 Å². The summed E-state index contributed by atoms with van der Waals surface area (Å²) in [4.78, 5) is 22.3. The van der Waals surface area contributed by atoms with Crippen molar-refractivity contribution in [1.29, 1.82) is 0 Å². The number of nitrogens with one attached hydrogen (secondary N) is 1. The molecular weight excluding hydrogens is 342 g/mol. The van der Waals surface area contributed by atoms with Crippen molar-refractivity contribution in [1.82, 2.24) is 0 Å². The molecule has 1 aromatic carbocycles. The fraction of sp³-hybridized carbons (Fsp3) is 0.467. The Morgan fingerprint density at radius 2 is 1.64 bits per heavy atom. The molecule has 1 aromatic rings. The van der Waals surface area contributed by atoms with Crippen LogP contribution in [0.15, 0.2) is 18.2 Å². The quantitative estimate of drug-likeness (QED) is 0.809. The molecule has 6 nitrogen and oxygen atoms in total. The molecule has 1 aliphatic rings. The van der Waals surface area contributed by atoms with E-state index >= 15 is 0 Å². The van der Waals surface area contributed by atoms with Crippen LogP contribution in [0.1, 0.15) is 38.1 Å². The zero-order valence-corrected chi connectivity index (χ0v) is 14.0. The summed E-state index contributed by atoms with van der Waals surface area (Å²) in [6, 6.07) is 3.40. The van der Waals surface area contributed by atoms with Gasteiger partial charge in [0, 0.05) is 11.2 Å². The minimum absolute atomic E-state index is 0.0984. The topological polar surface area (TPSA) is 84.9 Å². The van der Waals surface area contributed by atoms with Crippen molar-refractivity contribution < 1.29 is 37.2 Å². The van der Waals surface area contributed by atoms with E-state index in [1.54, 1.807) is 33.0 Å². The lowest BCUT2D eigenvalue weighted by Crippen LogP contribution is -2.41. The Morgan fingerprint density at radius 3 is 2.08 bits per heavy atom. The van der Waals surface area contributed by atoms with Crippen LogP contribution < -0.4 is 10.8 Å². The molecule has 0 radical (unpaired) electrons. The summed E-state index contributed by atoms with van der Waals surface area (Å²) < 4.78 is 49.2. The van der Waals surface area contributed by atoms with Crippen molar-refractivity contribution >= 4 is 30.1 Å². The third kappa shape index (κ3) is 3.79. The second-order valence-corrected chi connectivity index (χ2v) is 6.65. The van der Waals surface area contributed by atoms with E-state index in [2.05, 4.69) is 0 Å². The van der Waals surface area contributed by atoms with Crippen molar-refractivity contribution in [2.45, 2.75) is 45.1 Å². The van der Waals surface area contributed by atoms with E-state index in [9.17, 15) is 22.8 Å². The standard InChI is InChI=1S/C15H17BF3NO5/c1-13(2)14(3,4)25-16(24-13)9-6-5-8(11(21)22)7-10(9)20-12(23)15(17,18)19/h5-7H,1-4H3,(H,20,23)(H,21,22). The number of carbonyl (C=O) groups is 2. The monoisotopic (exact) mass is 359 g/mol. The molecule has 136 valence electrons. The maximum atomic E-state index is 12.6. The second-order valence-electron chi connectivity index (χ2n) is 6.65. The van der Waals surface area contributed by atoms with Gasteiger partial charge in [-0.15, -0.1) is 0 Å². The van der Waals surface area contributed by atoms with Crippen LogP contribution in [0.5, 0.6) is 0 Å². The molecule has 1 amide bonds. The van der Waals surface area contributed by atoms with Gasteiger partial charge in [0.05, 0.1) is 16.8 Å². The van der Waals surface area contributed by atoms with Gasteiger partial charge in [0.25, 0.3) is 0 Å². The first-order valence-corrected chi connectivity index (χ1v) is 7.36. The molecular formula is C15H17BF3NO5. The Kier molecular flexibility index (Phi) is 4.64. The molecule has 25 heavy (non-hydrogen) atoms. The Morgan fingerprint density at radius 1 is 1.12 bits per heavy atom. The highest BCUT2D eigenvalue weighted by Crippen LogP contribution is 2.37. The summed E-state index contributed by atoms with van der Waals surface area (Å²) in [5.41, 5.74) is -2.03. The van der Waals surface area contributed by atoms with Gasteiger partial charge in [0.15, 0.2) is 0 Å². The number of carboxylic acid groups (broad SMARTS) is 1. The second kappa shape index (κ2) is 6.03. The van der Waals surface area contributed by atoms with Crippen LogP contribution in [0, 0.1) is 0 Å². The van der Waals surface area contributed by atoms with Crippen molar-refractivity contribution in [3.63, 3.8) is 0 Å². The van der Waals surface area contributed by atoms with Gasteiger partial charge in [-0.05, 0) is 39.8 Å². The fourth-order valence-electron chi connectivity index (χ4n) is 2.17. The Balaban J connectivity index is 2.44. The number of amides is 1. The number of benzene rings is 1. The first-order chi connectivity index (χ1) is 11.2. The third-order valence-corrected chi connectivity index (χ3v) is 4.31. The maximum Gasteiger partial charge on any atom is 0.496 e.